The van der Waals surface area contributed by atoms with Crippen LogP contribution in [0.4, 0.5) is 10.5 Å². The molecule has 5 heteroatoms. The Morgan fingerprint density at radius 3 is 2.80 bits per heavy atom. The van der Waals surface area contributed by atoms with Crippen LogP contribution >= 0.6 is 11.6 Å². The second-order valence-electron chi connectivity index (χ2n) is 6.05. The second kappa shape index (κ2) is 6.02. The van der Waals surface area contributed by atoms with Gasteiger partial charge in [-0.15, -0.1) is 0 Å². The van der Waals surface area contributed by atoms with Gasteiger partial charge in [-0.3, -0.25) is 5.32 Å². The minimum Gasteiger partial charge on any atom is -0.444 e. The molecule has 0 aromatic heterocycles. The summed E-state index contributed by atoms with van der Waals surface area (Å²) in [5, 5.41) is 6.74. The Morgan fingerprint density at radius 1 is 1.45 bits per heavy atom. The number of ether oxygens (including phenoxy) is 1. The highest BCUT2D eigenvalue weighted by atomic mass is 35.5. The van der Waals surface area contributed by atoms with Crippen LogP contribution in [-0.4, -0.2) is 24.8 Å². The molecule has 2 N–H and O–H groups in total. The van der Waals surface area contributed by atoms with Crippen LogP contribution in [0.25, 0.3) is 0 Å². The maximum absolute atomic E-state index is 11.9. The monoisotopic (exact) mass is 296 g/mol. The van der Waals surface area contributed by atoms with Crippen molar-refractivity contribution < 1.29 is 9.53 Å². The van der Waals surface area contributed by atoms with Gasteiger partial charge < -0.3 is 10.1 Å². The van der Waals surface area contributed by atoms with Crippen molar-refractivity contribution in [1.29, 1.82) is 0 Å². The fourth-order valence-electron chi connectivity index (χ4n) is 2.33. The molecule has 0 spiro atoms. The molecule has 1 fully saturated rings. The summed E-state index contributed by atoms with van der Waals surface area (Å²) >= 11 is 6.03. The Hall–Kier alpha value is -1.26. The van der Waals surface area contributed by atoms with Crippen LogP contribution in [0.3, 0.4) is 0 Å². The highest BCUT2D eigenvalue weighted by Crippen LogP contribution is 2.31. The highest BCUT2D eigenvalue weighted by Gasteiger charge is 2.22. The molecule has 0 aliphatic carbocycles. The SMILES string of the molecule is CC(C)(C)OC(=O)Nc1cc(Cl)ccc1C1CCNC1. The van der Waals surface area contributed by atoms with E-state index in [4.69, 9.17) is 16.3 Å². The van der Waals surface area contributed by atoms with Gasteiger partial charge in [-0.05, 0) is 57.4 Å². The molecule has 1 saturated heterocycles. The summed E-state index contributed by atoms with van der Waals surface area (Å²) in [6, 6.07) is 5.61. The third-order valence-corrected chi connectivity index (χ3v) is 3.39. The Morgan fingerprint density at radius 2 is 2.20 bits per heavy atom. The number of hydrogen-bond acceptors (Lipinski definition) is 3. The van der Waals surface area contributed by atoms with Crippen LogP contribution in [0.15, 0.2) is 18.2 Å². The standard InChI is InChI=1S/C15H21ClN2O2/c1-15(2,3)20-14(19)18-13-8-11(16)4-5-12(13)10-6-7-17-9-10/h4-5,8,10,17H,6-7,9H2,1-3H3,(H,18,19). The highest BCUT2D eigenvalue weighted by molar-refractivity contribution is 6.31. The van der Waals surface area contributed by atoms with E-state index in [9.17, 15) is 4.79 Å². The molecule has 1 heterocycles. The molecule has 20 heavy (non-hydrogen) atoms. The maximum Gasteiger partial charge on any atom is 0.412 e. The van der Waals surface area contributed by atoms with Crippen molar-refractivity contribution in [3.8, 4) is 0 Å². The minimum atomic E-state index is -0.516. The number of carbonyl (C=O) groups excluding carboxylic acids is 1. The molecule has 1 aliphatic rings. The number of amides is 1. The van der Waals surface area contributed by atoms with Gasteiger partial charge in [0.1, 0.15) is 5.60 Å². The number of nitrogens with one attached hydrogen (secondary N) is 2. The van der Waals surface area contributed by atoms with Crippen LogP contribution in [0, 0.1) is 0 Å². The van der Waals surface area contributed by atoms with E-state index in [0.717, 1.165) is 30.8 Å². The zero-order valence-corrected chi connectivity index (χ0v) is 12.9. The second-order valence-corrected chi connectivity index (χ2v) is 6.48. The molecule has 1 aliphatic heterocycles. The van der Waals surface area contributed by atoms with E-state index >= 15 is 0 Å². The van der Waals surface area contributed by atoms with E-state index in [1.165, 1.54) is 0 Å². The van der Waals surface area contributed by atoms with Gasteiger partial charge in [-0.1, -0.05) is 17.7 Å². The average Bonchev–Trinajstić information content (AvgIpc) is 2.79. The van der Waals surface area contributed by atoms with E-state index in [-0.39, 0.29) is 0 Å². The number of rotatable bonds is 2. The number of benzene rings is 1. The minimum absolute atomic E-state index is 0.400. The molecule has 2 rings (SSSR count). The van der Waals surface area contributed by atoms with Crippen molar-refractivity contribution in [3.05, 3.63) is 28.8 Å². The fourth-order valence-corrected chi connectivity index (χ4v) is 2.50. The van der Waals surface area contributed by atoms with Crippen LogP contribution in [-0.2, 0) is 4.74 Å². The zero-order chi connectivity index (χ0) is 14.8. The molecule has 0 radical (unpaired) electrons. The van der Waals surface area contributed by atoms with Crippen LogP contribution in [0.1, 0.15) is 38.7 Å². The van der Waals surface area contributed by atoms with Crippen LogP contribution in [0.5, 0.6) is 0 Å². The summed E-state index contributed by atoms with van der Waals surface area (Å²) < 4.78 is 5.29. The molecule has 0 saturated carbocycles. The molecule has 1 amide bonds. The zero-order valence-electron chi connectivity index (χ0n) is 12.1. The molecular weight excluding hydrogens is 276 g/mol. The predicted molar refractivity (Wildman–Crippen MR) is 81.5 cm³/mol. The first-order valence-corrected chi connectivity index (χ1v) is 7.23. The quantitative estimate of drug-likeness (QED) is 0.873. The van der Waals surface area contributed by atoms with Gasteiger partial charge in [0.2, 0.25) is 0 Å². The first-order chi connectivity index (χ1) is 9.35. The van der Waals surface area contributed by atoms with E-state index in [1.54, 1.807) is 6.07 Å². The normalized spacial score (nSPS) is 18.9. The Labute approximate surface area is 124 Å². The molecule has 110 valence electrons. The number of hydrogen-bond donors (Lipinski definition) is 2. The largest absolute Gasteiger partial charge is 0.444 e. The van der Waals surface area contributed by atoms with Gasteiger partial charge in [0.25, 0.3) is 0 Å². The van der Waals surface area contributed by atoms with E-state index in [2.05, 4.69) is 10.6 Å². The van der Waals surface area contributed by atoms with Crippen LogP contribution < -0.4 is 10.6 Å². The molecule has 1 aromatic rings. The topological polar surface area (TPSA) is 50.4 Å². The Bertz CT molecular complexity index is 491. The van der Waals surface area contributed by atoms with Crippen molar-refractivity contribution >= 4 is 23.4 Å². The maximum atomic E-state index is 11.9. The number of anilines is 1. The van der Waals surface area contributed by atoms with Crippen molar-refractivity contribution in [3.63, 3.8) is 0 Å². The van der Waals surface area contributed by atoms with Crippen molar-refractivity contribution in [1.82, 2.24) is 5.32 Å². The van der Waals surface area contributed by atoms with Gasteiger partial charge >= 0.3 is 6.09 Å². The molecular formula is C15H21ClN2O2. The molecule has 1 aromatic carbocycles. The summed E-state index contributed by atoms with van der Waals surface area (Å²) in [6.07, 6.45) is 0.608. The predicted octanol–water partition coefficient (Wildman–Crippen LogP) is 3.76. The van der Waals surface area contributed by atoms with Crippen molar-refractivity contribution in [2.75, 3.05) is 18.4 Å². The number of halogens is 1. The molecule has 1 unspecified atom stereocenters. The van der Waals surface area contributed by atoms with Crippen LogP contribution in [0.2, 0.25) is 5.02 Å². The summed E-state index contributed by atoms with van der Waals surface area (Å²) in [4.78, 5) is 11.9. The molecule has 0 bridgehead atoms. The first-order valence-electron chi connectivity index (χ1n) is 6.85. The van der Waals surface area contributed by atoms with Crippen molar-refractivity contribution in [2.45, 2.75) is 38.7 Å². The van der Waals surface area contributed by atoms with E-state index in [0.29, 0.717) is 10.9 Å². The summed E-state index contributed by atoms with van der Waals surface area (Å²) in [5.41, 5.74) is 1.32. The third kappa shape index (κ3) is 4.12. The fraction of sp³-hybridized carbons (Fsp3) is 0.533. The number of carbonyl (C=O) groups is 1. The summed E-state index contributed by atoms with van der Waals surface area (Å²) in [5.74, 6) is 0.400. The Balaban J connectivity index is 2.17. The van der Waals surface area contributed by atoms with Gasteiger partial charge in [0.05, 0.1) is 0 Å². The third-order valence-electron chi connectivity index (χ3n) is 3.15. The molecule has 4 nitrogen and oxygen atoms in total. The van der Waals surface area contributed by atoms with E-state index < -0.39 is 11.7 Å². The average molecular weight is 297 g/mol. The lowest BCUT2D eigenvalue weighted by molar-refractivity contribution is 0.0636. The lowest BCUT2D eigenvalue weighted by atomic mass is 9.96. The molecule has 1 atom stereocenters. The van der Waals surface area contributed by atoms with Gasteiger partial charge in [-0.2, -0.15) is 0 Å². The first kappa shape index (κ1) is 15.1. The van der Waals surface area contributed by atoms with E-state index in [1.807, 2.05) is 32.9 Å². The summed E-state index contributed by atoms with van der Waals surface area (Å²) in [7, 11) is 0. The lowest BCUT2D eigenvalue weighted by Gasteiger charge is -2.21. The lowest BCUT2D eigenvalue weighted by Crippen LogP contribution is -2.27. The Kier molecular flexibility index (Phi) is 4.55. The summed E-state index contributed by atoms with van der Waals surface area (Å²) in [6.45, 7) is 7.44. The smallest absolute Gasteiger partial charge is 0.412 e. The van der Waals surface area contributed by atoms with Crippen molar-refractivity contribution in [2.24, 2.45) is 0 Å². The van der Waals surface area contributed by atoms with Gasteiger partial charge in [0.15, 0.2) is 0 Å². The van der Waals surface area contributed by atoms with Gasteiger partial charge in [0, 0.05) is 17.3 Å². The van der Waals surface area contributed by atoms with Gasteiger partial charge in [-0.25, -0.2) is 4.79 Å².